The maximum absolute atomic E-state index is 13.6. The Morgan fingerprint density at radius 3 is 2.76 bits per heavy atom. The van der Waals surface area contributed by atoms with Crippen LogP contribution in [0.15, 0.2) is 18.2 Å². The average Bonchev–Trinajstić information content (AvgIpc) is 2.28. The molecule has 0 aliphatic carbocycles. The van der Waals surface area contributed by atoms with Crippen molar-refractivity contribution in [2.75, 3.05) is 0 Å². The smallest absolute Gasteiger partial charge is 0.239 e. The first kappa shape index (κ1) is 13.9. The fraction of sp³-hybridized carbons (Fsp3) is 0.417. The molecule has 5 heteroatoms. The fourth-order valence-corrected chi connectivity index (χ4v) is 1.64. The molecule has 2 atom stereocenters. The van der Waals surface area contributed by atoms with Crippen LogP contribution >= 0.6 is 11.6 Å². The summed E-state index contributed by atoms with van der Waals surface area (Å²) in [6, 6.07) is 3.28. The van der Waals surface area contributed by atoms with Gasteiger partial charge in [-0.3, -0.25) is 10.1 Å². The van der Waals surface area contributed by atoms with Crippen LogP contribution in [0.2, 0.25) is 5.02 Å². The van der Waals surface area contributed by atoms with Gasteiger partial charge in [0, 0.05) is 16.6 Å². The Morgan fingerprint density at radius 2 is 2.24 bits per heavy atom. The molecule has 1 aromatic rings. The Morgan fingerprint density at radius 1 is 1.59 bits per heavy atom. The molecule has 1 aromatic carbocycles. The van der Waals surface area contributed by atoms with Gasteiger partial charge in [-0.25, -0.2) is 4.39 Å². The van der Waals surface area contributed by atoms with Crippen LogP contribution in [0.25, 0.3) is 0 Å². The molecule has 0 heterocycles. The molecule has 1 amide bonds. The first-order chi connectivity index (χ1) is 7.95. The molecule has 17 heavy (non-hydrogen) atoms. The molecule has 94 valence electrons. The van der Waals surface area contributed by atoms with Crippen molar-refractivity contribution in [1.82, 2.24) is 5.32 Å². The largest absolute Gasteiger partial charge is 0.368 e. The highest BCUT2D eigenvalue weighted by Gasteiger charge is 2.22. The van der Waals surface area contributed by atoms with E-state index in [1.807, 2.05) is 13.8 Å². The monoisotopic (exact) mass is 258 g/mol. The molecule has 0 aromatic heterocycles. The van der Waals surface area contributed by atoms with E-state index in [9.17, 15) is 9.18 Å². The van der Waals surface area contributed by atoms with Crippen molar-refractivity contribution in [3.63, 3.8) is 0 Å². The van der Waals surface area contributed by atoms with Crippen molar-refractivity contribution in [2.24, 2.45) is 5.73 Å². The maximum Gasteiger partial charge on any atom is 0.239 e. The number of benzene rings is 1. The van der Waals surface area contributed by atoms with E-state index >= 15 is 0 Å². The number of nitrogens with one attached hydrogen (secondary N) is 1. The lowest BCUT2D eigenvalue weighted by atomic mass is 10.0. The summed E-state index contributed by atoms with van der Waals surface area (Å²) >= 11 is 5.79. The first-order valence-electron chi connectivity index (χ1n) is 5.46. The van der Waals surface area contributed by atoms with E-state index < -0.39 is 17.8 Å². The second-order valence-electron chi connectivity index (χ2n) is 3.98. The van der Waals surface area contributed by atoms with Gasteiger partial charge in [0.05, 0.1) is 0 Å². The van der Waals surface area contributed by atoms with E-state index in [2.05, 4.69) is 5.32 Å². The lowest BCUT2D eigenvalue weighted by Gasteiger charge is -2.20. The summed E-state index contributed by atoms with van der Waals surface area (Å²) < 4.78 is 13.6. The van der Waals surface area contributed by atoms with Crippen LogP contribution in [0.1, 0.15) is 31.9 Å². The summed E-state index contributed by atoms with van der Waals surface area (Å²) in [5.74, 6) is -1.11. The van der Waals surface area contributed by atoms with Gasteiger partial charge in [0.1, 0.15) is 11.9 Å². The Labute approximate surface area is 105 Å². The van der Waals surface area contributed by atoms with Crippen molar-refractivity contribution in [1.29, 1.82) is 0 Å². The highest BCUT2D eigenvalue weighted by Crippen LogP contribution is 2.22. The van der Waals surface area contributed by atoms with E-state index in [1.54, 1.807) is 0 Å². The molecule has 0 saturated heterocycles. The predicted molar refractivity (Wildman–Crippen MR) is 66.2 cm³/mol. The van der Waals surface area contributed by atoms with Crippen LogP contribution in [-0.2, 0) is 4.79 Å². The summed E-state index contributed by atoms with van der Waals surface area (Å²) in [4.78, 5) is 11.4. The molecule has 3 N–H and O–H groups in total. The SMILES string of the molecule is CCC(C)NC(C(N)=O)c1cc(Cl)ccc1F. The van der Waals surface area contributed by atoms with Crippen molar-refractivity contribution < 1.29 is 9.18 Å². The van der Waals surface area contributed by atoms with E-state index in [1.165, 1.54) is 18.2 Å². The van der Waals surface area contributed by atoms with Gasteiger partial charge in [0.25, 0.3) is 0 Å². The van der Waals surface area contributed by atoms with Crippen LogP contribution < -0.4 is 11.1 Å². The van der Waals surface area contributed by atoms with Crippen LogP contribution in [0, 0.1) is 5.82 Å². The van der Waals surface area contributed by atoms with Gasteiger partial charge in [-0.05, 0) is 31.5 Å². The number of carbonyl (C=O) groups is 1. The number of rotatable bonds is 5. The van der Waals surface area contributed by atoms with E-state index in [4.69, 9.17) is 17.3 Å². The minimum absolute atomic E-state index is 0.0610. The van der Waals surface area contributed by atoms with E-state index in [0.717, 1.165) is 6.42 Å². The van der Waals surface area contributed by atoms with Crippen molar-refractivity contribution in [2.45, 2.75) is 32.4 Å². The molecule has 0 fully saturated rings. The third kappa shape index (κ3) is 3.68. The lowest BCUT2D eigenvalue weighted by Crippen LogP contribution is -2.39. The summed E-state index contributed by atoms with van der Waals surface area (Å²) in [5.41, 5.74) is 5.46. The lowest BCUT2D eigenvalue weighted by molar-refractivity contribution is -0.120. The molecule has 3 nitrogen and oxygen atoms in total. The van der Waals surface area contributed by atoms with Crippen LogP contribution in [0.5, 0.6) is 0 Å². The summed E-state index contributed by atoms with van der Waals surface area (Å²) in [6.07, 6.45) is 0.811. The van der Waals surface area contributed by atoms with Gasteiger partial charge >= 0.3 is 0 Å². The molecular weight excluding hydrogens is 243 g/mol. The number of primary amides is 1. The van der Waals surface area contributed by atoms with E-state index in [0.29, 0.717) is 5.02 Å². The second kappa shape index (κ2) is 5.98. The highest BCUT2D eigenvalue weighted by molar-refractivity contribution is 6.30. The quantitative estimate of drug-likeness (QED) is 0.852. The van der Waals surface area contributed by atoms with Crippen molar-refractivity contribution >= 4 is 17.5 Å². The van der Waals surface area contributed by atoms with Crippen LogP contribution in [0.3, 0.4) is 0 Å². The molecule has 0 spiro atoms. The van der Waals surface area contributed by atoms with Gasteiger partial charge in [0.15, 0.2) is 0 Å². The standard InChI is InChI=1S/C12H16ClFN2O/c1-3-7(2)16-11(12(15)17)9-6-8(13)4-5-10(9)14/h4-7,11,16H,3H2,1-2H3,(H2,15,17). The Balaban J connectivity index is 3.05. The Bertz CT molecular complexity index is 411. The molecule has 2 unspecified atom stereocenters. The third-order valence-corrected chi connectivity index (χ3v) is 2.85. The number of hydrogen-bond acceptors (Lipinski definition) is 2. The zero-order chi connectivity index (χ0) is 13.0. The van der Waals surface area contributed by atoms with Crippen molar-refractivity contribution in [3.8, 4) is 0 Å². The Kier molecular flexibility index (Phi) is 4.90. The van der Waals surface area contributed by atoms with Gasteiger partial charge in [-0.2, -0.15) is 0 Å². The molecule has 0 saturated carbocycles. The zero-order valence-electron chi connectivity index (χ0n) is 9.84. The average molecular weight is 259 g/mol. The van der Waals surface area contributed by atoms with Gasteiger partial charge in [0.2, 0.25) is 5.91 Å². The third-order valence-electron chi connectivity index (χ3n) is 2.62. The molecule has 0 bridgehead atoms. The number of halogens is 2. The molecule has 0 aliphatic rings. The molecular formula is C12H16ClFN2O. The minimum atomic E-state index is -0.858. The number of nitrogens with two attached hydrogens (primary N) is 1. The van der Waals surface area contributed by atoms with Crippen LogP contribution in [-0.4, -0.2) is 11.9 Å². The predicted octanol–water partition coefficient (Wildman–Crippen LogP) is 2.39. The van der Waals surface area contributed by atoms with Gasteiger partial charge < -0.3 is 5.73 Å². The molecule has 0 radical (unpaired) electrons. The normalized spacial score (nSPS) is 14.4. The van der Waals surface area contributed by atoms with Gasteiger partial charge in [-0.15, -0.1) is 0 Å². The second-order valence-corrected chi connectivity index (χ2v) is 4.41. The van der Waals surface area contributed by atoms with Gasteiger partial charge in [-0.1, -0.05) is 18.5 Å². The highest BCUT2D eigenvalue weighted by atomic mass is 35.5. The maximum atomic E-state index is 13.6. The number of hydrogen-bond donors (Lipinski definition) is 2. The first-order valence-corrected chi connectivity index (χ1v) is 5.83. The molecule has 0 aliphatic heterocycles. The summed E-state index contributed by atoms with van der Waals surface area (Å²) in [5, 5.41) is 3.35. The van der Waals surface area contributed by atoms with E-state index in [-0.39, 0.29) is 11.6 Å². The number of amides is 1. The number of carbonyl (C=O) groups excluding carboxylic acids is 1. The Hall–Kier alpha value is -1.13. The van der Waals surface area contributed by atoms with Crippen molar-refractivity contribution in [3.05, 3.63) is 34.6 Å². The minimum Gasteiger partial charge on any atom is -0.368 e. The summed E-state index contributed by atoms with van der Waals surface area (Å²) in [6.45, 7) is 3.86. The fourth-order valence-electron chi connectivity index (χ4n) is 1.46. The molecule has 1 rings (SSSR count). The summed E-state index contributed by atoms with van der Waals surface area (Å²) in [7, 11) is 0. The zero-order valence-corrected chi connectivity index (χ0v) is 10.6. The van der Waals surface area contributed by atoms with Crippen LogP contribution in [0.4, 0.5) is 4.39 Å². The topological polar surface area (TPSA) is 55.1 Å².